The molecule has 0 aromatic carbocycles. The first-order valence-corrected chi connectivity index (χ1v) is 34.3. The van der Waals surface area contributed by atoms with Gasteiger partial charge in [0.15, 0.2) is 0 Å². The smallest absolute Gasteiger partial charge is 0.268 e. The molecular formula is C68H127N2O6P. The molecule has 450 valence electrons. The van der Waals surface area contributed by atoms with Crippen LogP contribution < -0.4 is 10.2 Å². The van der Waals surface area contributed by atoms with E-state index in [1.165, 1.54) is 218 Å². The SMILES string of the molecule is CC/C=C\C/C=C\C/C=C\C/C=C\CCCCCCCCCCCCCCCCCCCCCCCCCCCCCCC(=O)NC(COP(=O)([O-])OCC[N+](C)(C)C)C(O)/C=C/CC/C=C/CCCCCCCCCC. The first-order chi connectivity index (χ1) is 37.5. The first kappa shape index (κ1) is 74.9. The molecule has 8 nitrogen and oxygen atoms in total. The van der Waals surface area contributed by atoms with Gasteiger partial charge in [-0.2, -0.15) is 0 Å². The van der Waals surface area contributed by atoms with Crippen LogP contribution in [-0.2, 0) is 18.4 Å². The Morgan fingerprint density at radius 3 is 1.21 bits per heavy atom. The Morgan fingerprint density at radius 1 is 0.468 bits per heavy atom. The van der Waals surface area contributed by atoms with Crippen molar-refractivity contribution in [2.24, 2.45) is 0 Å². The fraction of sp³-hybridized carbons (Fsp3) is 0.809. The number of nitrogens with zero attached hydrogens (tertiary/aromatic N) is 1. The second kappa shape index (κ2) is 58.6. The molecule has 0 saturated heterocycles. The van der Waals surface area contributed by atoms with Crippen LogP contribution >= 0.6 is 7.82 Å². The van der Waals surface area contributed by atoms with Gasteiger partial charge in [0, 0.05) is 6.42 Å². The Labute approximate surface area is 478 Å². The van der Waals surface area contributed by atoms with E-state index < -0.39 is 26.6 Å². The molecule has 0 aromatic rings. The fourth-order valence-corrected chi connectivity index (χ4v) is 10.3. The van der Waals surface area contributed by atoms with Crippen molar-refractivity contribution in [1.29, 1.82) is 0 Å². The van der Waals surface area contributed by atoms with E-state index in [0.717, 1.165) is 64.2 Å². The van der Waals surface area contributed by atoms with E-state index in [2.05, 4.69) is 79.9 Å². The van der Waals surface area contributed by atoms with Crippen molar-refractivity contribution in [3.63, 3.8) is 0 Å². The van der Waals surface area contributed by atoms with Gasteiger partial charge in [-0.1, -0.05) is 299 Å². The first-order valence-electron chi connectivity index (χ1n) is 32.8. The van der Waals surface area contributed by atoms with Crippen LogP contribution in [0.25, 0.3) is 0 Å². The number of nitrogens with one attached hydrogen (secondary N) is 1. The molecule has 0 spiro atoms. The minimum atomic E-state index is -4.60. The summed E-state index contributed by atoms with van der Waals surface area (Å²) >= 11 is 0. The van der Waals surface area contributed by atoms with Gasteiger partial charge in [-0.15, -0.1) is 0 Å². The second-order valence-electron chi connectivity index (χ2n) is 23.4. The van der Waals surface area contributed by atoms with Gasteiger partial charge >= 0.3 is 0 Å². The van der Waals surface area contributed by atoms with Crippen LogP contribution in [0.4, 0.5) is 0 Å². The van der Waals surface area contributed by atoms with Gasteiger partial charge in [0.25, 0.3) is 7.82 Å². The van der Waals surface area contributed by atoms with E-state index in [0.29, 0.717) is 17.4 Å². The van der Waals surface area contributed by atoms with Crippen molar-refractivity contribution >= 4 is 13.7 Å². The number of carbonyl (C=O) groups is 1. The summed E-state index contributed by atoms with van der Waals surface area (Å²) in [5, 5.41) is 13.9. The summed E-state index contributed by atoms with van der Waals surface area (Å²) < 4.78 is 23.3. The van der Waals surface area contributed by atoms with Crippen LogP contribution in [0, 0.1) is 0 Å². The van der Waals surface area contributed by atoms with Gasteiger partial charge in [0.2, 0.25) is 5.91 Å². The predicted octanol–water partition coefficient (Wildman–Crippen LogP) is 20.0. The highest BCUT2D eigenvalue weighted by atomic mass is 31.2. The molecule has 9 heteroatoms. The van der Waals surface area contributed by atoms with E-state index in [9.17, 15) is 19.4 Å². The summed E-state index contributed by atoms with van der Waals surface area (Å²) in [7, 11) is 1.25. The van der Waals surface area contributed by atoms with Crippen LogP contribution in [0.15, 0.2) is 72.9 Å². The highest BCUT2D eigenvalue weighted by molar-refractivity contribution is 7.45. The van der Waals surface area contributed by atoms with Gasteiger partial charge in [0.1, 0.15) is 13.2 Å². The van der Waals surface area contributed by atoms with Crippen LogP contribution in [-0.4, -0.2) is 68.5 Å². The number of rotatable bonds is 60. The molecule has 0 fully saturated rings. The lowest BCUT2D eigenvalue weighted by molar-refractivity contribution is -0.870. The van der Waals surface area contributed by atoms with Gasteiger partial charge in [0.05, 0.1) is 39.9 Å². The molecule has 0 rings (SSSR count). The number of unbranched alkanes of at least 4 members (excludes halogenated alkanes) is 37. The molecule has 3 unspecified atom stereocenters. The average molecular weight is 1100 g/mol. The lowest BCUT2D eigenvalue weighted by Gasteiger charge is -2.29. The summed E-state index contributed by atoms with van der Waals surface area (Å²) in [4.78, 5) is 25.5. The summed E-state index contributed by atoms with van der Waals surface area (Å²) in [5.74, 6) is -0.204. The third-order valence-corrected chi connectivity index (χ3v) is 15.6. The minimum absolute atomic E-state index is 0.00594. The maximum Gasteiger partial charge on any atom is 0.268 e. The van der Waals surface area contributed by atoms with E-state index in [1.807, 2.05) is 27.2 Å². The van der Waals surface area contributed by atoms with Crippen LogP contribution in [0.3, 0.4) is 0 Å². The van der Waals surface area contributed by atoms with Crippen molar-refractivity contribution in [2.75, 3.05) is 40.9 Å². The molecule has 0 heterocycles. The van der Waals surface area contributed by atoms with Crippen molar-refractivity contribution in [2.45, 2.75) is 315 Å². The van der Waals surface area contributed by atoms with E-state index in [-0.39, 0.29) is 12.5 Å². The van der Waals surface area contributed by atoms with Crippen molar-refractivity contribution in [3.05, 3.63) is 72.9 Å². The monoisotopic (exact) mass is 1100 g/mol. The molecular weight excluding hydrogens is 972 g/mol. The number of likely N-dealkylation sites (N-methyl/N-ethyl adjacent to an activating group) is 1. The van der Waals surface area contributed by atoms with Crippen molar-refractivity contribution in [3.8, 4) is 0 Å². The molecule has 0 bridgehead atoms. The van der Waals surface area contributed by atoms with E-state index >= 15 is 0 Å². The Bertz CT molecular complexity index is 1480. The molecule has 1 amide bonds. The Balaban J connectivity index is 3.87. The van der Waals surface area contributed by atoms with Crippen molar-refractivity contribution < 1.29 is 32.9 Å². The number of aliphatic hydroxyl groups excluding tert-OH is 1. The molecule has 0 saturated carbocycles. The summed E-state index contributed by atoms with van der Waals surface area (Å²) in [5.41, 5.74) is 0. The number of aliphatic hydroxyl groups is 1. The number of hydrogen-bond donors (Lipinski definition) is 2. The standard InChI is InChI=1S/C68H127N2O6P/c1-6-8-10-12-14-16-18-20-22-23-24-25-26-27-28-29-30-31-32-33-34-35-36-37-38-39-40-41-42-43-44-45-46-47-48-50-52-54-56-58-60-62-68(72)69-66(65-76-77(73,74)75-64-63-70(3,4)5)67(71)61-59-57-55-53-51-49-21-19-17-15-13-11-9-7-2/h8,10,14,16,20,22,24-25,51,53,59,61,66-67,71H,6-7,9,11-13,15,17-19,21,23,26-50,52,54-58,60,62-65H2,1-5H3,(H-,69,72,73,74)/b10-8-,16-14-,22-20-,25-24-,53-51+,61-59+. The molecule has 2 N–H and O–H groups in total. The Hall–Kier alpha value is -2.06. The molecule has 77 heavy (non-hydrogen) atoms. The number of amides is 1. The predicted molar refractivity (Wildman–Crippen MR) is 334 cm³/mol. The Kier molecular flexibility index (Phi) is 57.0. The van der Waals surface area contributed by atoms with E-state index in [1.54, 1.807) is 6.08 Å². The highest BCUT2D eigenvalue weighted by Gasteiger charge is 2.23. The van der Waals surface area contributed by atoms with E-state index in [4.69, 9.17) is 9.05 Å². The molecule has 0 aliphatic heterocycles. The lowest BCUT2D eigenvalue weighted by atomic mass is 10.0. The Morgan fingerprint density at radius 2 is 0.805 bits per heavy atom. The normalized spacial score (nSPS) is 14.2. The van der Waals surface area contributed by atoms with Crippen molar-refractivity contribution in [1.82, 2.24) is 5.32 Å². The number of allylic oxidation sites excluding steroid dienone is 11. The maximum absolute atomic E-state index is 13.0. The lowest BCUT2D eigenvalue weighted by Crippen LogP contribution is -2.45. The molecule has 0 radical (unpaired) electrons. The summed E-state index contributed by atoms with van der Waals surface area (Å²) in [6, 6.07) is -0.903. The third-order valence-electron chi connectivity index (χ3n) is 14.7. The fourth-order valence-electron chi connectivity index (χ4n) is 9.58. The number of phosphoric ester groups is 1. The number of phosphoric acid groups is 1. The number of carbonyl (C=O) groups excluding carboxylic acids is 1. The molecule has 0 aliphatic rings. The van der Waals surface area contributed by atoms with Crippen LogP contribution in [0.1, 0.15) is 303 Å². The molecule has 0 aliphatic carbocycles. The zero-order valence-electron chi connectivity index (χ0n) is 51.4. The zero-order chi connectivity index (χ0) is 56.3. The highest BCUT2D eigenvalue weighted by Crippen LogP contribution is 2.38. The van der Waals surface area contributed by atoms with Crippen LogP contribution in [0.2, 0.25) is 0 Å². The van der Waals surface area contributed by atoms with Gasteiger partial charge in [-0.3, -0.25) is 9.36 Å². The third kappa shape index (κ3) is 61.4. The average Bonchev–Trinajstić information content (AvgIpc) is 3.39. The van der Waals surface area contributed by atoms with Gasteiger partial charge in [-0.25, -0.2) is 0 Å². The number of hydrogen-bond acceptors (Lipinski definition) is 6. The summed E-state index contributed by atoms with van der Waals surface area (Å²) in [6.45, 7) is 4.53. The quantitative estimate of drug-likeness (QED) is 0.0272. The topological polar surface area (TPSA) is 108 Å². The van der Waals surface area contributed by atoms with Gasteiger partial charge in [-0.05, 0) is 70.6 Å². The van der Waals surface area contributed by atoms with Gasteiger partial charge < -0.3 is 28.8 Å². The minimum Gasteiger partial charge on any atom is -0.756 e. The maximum atomic E-state index is 13.0. The van der Waals surface area contributed by atoms with Crippen LogP contribution in [0.5, 0.6) is 0 Å². The molecule has 3 atom stereocenters. The summed E-state index contributed by atoms with van der Waals surface area (Å²) in [6.07, 6.45) is 81.8. The second-order valence-corrected chi connectivity index (χ2v) is 24.8. The zero-order valence-corrected chi connectivity index (χ0v) is 52.3. The molecule has 0 aromatic heterocycles. The number of quaternary nitrogens is 1. The largest absolute Gasteiger partial charge is 0.756 e.